The number of hydrogen-bond donors (Lipinski definition) is 2. The summed E-state index contributed by atoms with van der Waals surface area (Å²) in [6, 6.07) is 11.7. The van der Waals surface area contributed by atoms with Gasteiger partial charge in [0.05, 0.1) is 17.0 Å². The van der Waals surface area contributed by atoms with Crippen LogP contribution in [0.5, 0.6) is 0 Å². The lowest BCUT2D eigenvalue weighted by atomic mass is 10.1. The number of halogens is 2. The molecule has 2 aromatic carbocycles. The maximum Gasteiger partial charge on any atom is 0.257 e. The summed E-state index contributed by atoms with van der Waals surface area (Å²) >= 11 is 5.84. The van der Waals surface area contributed by atoms with Gasteiger partial charge in [0.25, 0.3) is 5.91 Å². The molecule has 0 spiro atoms. The summed E-state index contributed by atoms with van der Waals surface area (Å²) in [6.07, 6.45) is 2.72. The van der Waals surface area contributed by atoms with Gasteiger partial charge >= 0.3 is 0 Å². The van der Waals surface area contributed by atoms with Crippen LogP contribution in [0.1, 0.15) is 40.7 Å². The average Bonchev–Trinajstić information content (AvgIpc) is 2.74. The minimum atomic E-state index is -0.626. The predicted molar refractivity (Wildman–Crippen MR) is 113 cm³/mol. The van der Waals surface area contributed by atoms with Crippen molar-refractivity contribution in [1.82, 2.24) is 10.3 Å². The Morgan fingerprint density at radius 3 is 2.70 bits per heavy atom. The third kappa shape index (κ3) is 5.05. The van der Waals surface area contributed by atoms with E-state index in [1.807, 2.05) is 6.07 Å². The maximum absolute atomic E-state index is 14.4. The molecule has 0 aliphatic rings. The molecule has 0 radical (unpaired) electrons. The standard InChI is InChI=1S/C23H17ClFN3O2/c24-17-8-6-15(7-9-17)13-28-23(30)19-14-27-21-18(22(19)29)11-16(12-20(21)25)5-3-1-2-4-10-26/h6-9,11-12,14H,1-2,4,13H2,(H,27,29)(H,28,30). The van der Waals surface area contributed by atoms with Crippen LogP contribution in [0.25, 0.3) is 10.9 Å². The summed E-state index contributed by atoms with van der Waals surface area (Å²) in [5.41, 5.74) is 0.481. The Bertz CT molecular complexity index is 1250. The van der Waals surface area contributed by atoms with E-state index in [2.05, 4.69) is 22.1 Å². The molecule has 7 heteroatoms. The van der Waals surface area contributed by atoms with Crippen molar-refractivity contribution in [3.05, 3.63) is 80.3 Å². The number of aromatic amines is 1. The van der Waals surface area contributed by atoms with Gasteiger partial charge in [0, 0.05) is 36.2 Å². The number of nitrogens with one attached hydrogen (secondary N) is 2. The molecular weight excluding hydrogens is 405 g/mol. The third-order valence-corrected chi connectivity index (χ3v) is 4.63. The van der Waals surface area contributed by atoms with Gasteiger partial charge in [-0.15, -0.1) is 0 Å². The minimum Gasteiger partial charge on any atom is -0.358 e. The molecule has 3 rings (SSSR count). The monoisotopic (exact) mass is 421 g/mol. The second-order valence-electron chi connectivity index (χ2n) is 6.53. The Labute approximate surface area is 177 Å². The zero-order chi connectivity index (χ0) is 21.5. The molecule has 5 nitrogen and oxygen atoms in total. The molecule has 3 aromatic rings. The van der Waals surface area contributed by atoms with E-state index in [-0.39, 0.29) is 23.0 Å². The zero-order valence-electron chi connectivity index (χ0n) is 15.9. The third-order valence-electron chi connectivity index (χ3n) is 4.37. The van der Waals surface area contributed by atoms with E-state index in [1.54, 1.807) is 24.3 Å². The number of rotatable bonds is 5. The van der Waals surface area contributed by atoms with Gasteiger partial charge in [-0.1, -0.05) is 35.6 Å². The highest BCUT2D eigenvalue weighted by molar-refractivity contribution is 6.30. The fourth-order valence-electron chi connectivity index (χ4n) is 2.83. The van der Waals surface area contributed by atoms with E-state index in [9.17, 15) is 14.0 Å². The number of unbranched alkanes of at least 4 members (excludes halogenated alkanes) is 2. The fraction of sp³-hybridized carbons (Fsp3) is 0.174. The molecule has 0 saturated carbocycles. The maximum atomic E-state index is 14.4. The molecule has 1 amide bonds. The summed E-state index contributed by atoms with van der Waals surface area (Å²) in [6.45, 7) is 0.218. The van der Waals surface area contributed by atoms with Crippen molar-refractivity contribution in [2.24, 2.45) is 0 Å². The van der Waals surface area contributed by atoms with E-state index in [0.717, 1.165) is 5.56 Å². The number of aromatic nitrogens is 1. The number of H-pyrrole nitrogens is 1. The van der Waals surface area contributed by atoms with Crippen molar-refractivity contribution in [3.8, 4) is 17.9 Å². The van der Waals surface area contributed by atoms with Gasteiger partial charge < -0.3 is 10.3 Å². The SMILES string of the molecule is N#CCCCC#Cc1cc(F)c2[nH]cc(C(=O)NCc3ccc(Cl)cc3)c(=O)c2c1. The zero-order valence-corrected chi connectivity index (χ0v) is 16.6. The molecule has 30 heavy (non-hydrogen) atoms. The van der Waals surface area contributed by atoms with Crippen molar-refractivity contribution >= 4 is 28.4 Å². The molecule has 0 atom stereocenters. The lowest BCUT2D eigenvalue weighted by Gasteiger charge is -2.07. The number of nitriles is 1. The van der Waals surface area contributed by atoms with E-state index < -0.39 is 17.2 Å². The highest BCUT2D eigenvalue weighted by Crippen LogP contribution is 2.16. The molecule has 0 unspecified atom stereocenters. The van der Waals surface area contributed by atoms with Crippen LogP contribution in [0.15, 0.2) is 47.4 Å². The van der Waals surface area contributed by atoms with Crippen molar-refractivity contribution in [2.75, 3.05) is 0 Å². The van der Waals surface area contributed by atoms with Crippen LogP contribution in [0.3, 0.4) is 0 Å². The van der Waals surface area contributed by atoms with Crippen molar-refractivity contribution in [3.63, 3.8) is 0 Å². The average molecular weight is 422 g/mol. The molecule has 0 aliphatic heterocycles. The lowest BCUT2D eigenvalue weighted by Crippen LogP contribution is -2.28. The molecule has 0 fully saturated rings. The number of benzene rings is 2. The Balaban J connectivity index is 1.84. The Morgan fingerprint density at radius 1 is 1.20 bits per heavy atom. The molecular formula is C23H17ClFN3O2. The molecule has 150 valence electrons. The number of carbonyl (C=O) groups excluding carboxylic acids is 1. The summed E-state index contributed by atoms with van der Waals surface area (Å²) in [5, 5.41) is 11.8. The van der Waals surface area contributed by atoms with Gasteiger partial charge in [-0.2, -0.15) is 5.26 Å². The van der Waals surface area contributed by atoms with Gasteiger partial charge in [0.2, 0.25) is 5.43 Å². The summed E-state index contributed by atoms with van der Waals surface area (Å²) in [5.74, 6) is 4.47. The van der Waals surface area contributed by atoms with Crippen LogP contribution in [0.4, 0.5) is 4.39 Å². The molecule has 0 bridgehead atoms. The van der Waals surface area contributed by atoms with Crippen LogP contribution < -0.4 is 10.7 Å². The first-order chi connectivity index (χ1) is 14.5. The van der Waals surface area contributed by atoms with Crippen LogP contribution in [0, 0.1) is 29.0 Å². The number of carbonyl (C=O) groups is 1. The quantitative estimate of drug-likeness (QED) is 0.476. The lowest BCUT2D eigenvalue weighted by molar-refractivity contribution is 0.0949. The largest absolute Gasteiger partial charge is 0.358 e. The van der Waals surface area contributed by atoms with Gasteiger partial charge in [-0.05, 0) is 36.2 Å². The number of fused-ring (bicyclic) bond motifs is 1. The first-order valence-electron chi connectivity index (χ1n) is 9.23. The van der Waals surface area contributed by atoms with Gasteiger partial charge in [-0.25, -0.2) is 4.39 Å². The summed E-state index contributed by atoms with van der Waals surface area (Å²) in [7, 11) is 0. The second-order valence-corrected chi connectivity index (χ2v) is 6.97. The topological polar surface area (TPSA) is 85.8 Å². The van der Waals surface area contributed by atoms with Crippen molar-refractivity contribution in [1.29, 1.82) is 5.26 Å². The van der Waals surface area contributed by atoms with Crippen LogP contribution in [0.2, 0.25) is 5.02 Å². The van der Waals surface area contributed by atoms with Crippen LogP contribution in [-0.2, 0) is 6.54 Å². The molecule has 1 heterocycles. The predicted octanol–water partition coefficient (Wildman–Crippen LogP) is 4.30. The highest BCUT2D eigenvalue weighted by atomic mass is 35.5. The van der Waals surface area contributed by atoms with Gasteiger partial charge in [-0.3, -0.25) is 9.59 Å². The molecule has 1 aromatic heterocycles. The first kappa shape index (κ1) is 21.1. The Kier molecular flexibility index (Phi) is 6.85. The number of pyridine rings is 1. The summed E-state index contributed by atoms with van der Waals surface area (Å²) < 4.78 is 14.4. The number of amides is 1. The van der Waals surface area contributed by atoms with E-state index in [4.69, 9.17) is 16.9 Å². The molecule has 0 aliphatic carbocycles. The first-order valence-corrected chi connectivity index (χ1v) is 9.61. The van der Waals surface area contributed by atoms with E-state index in [1.165, 1.54) is 18.3 Å². The summed E-state index contributed by atoms with van der Waals surface area (Å²) in [4.78, 5) is 28.0. The van der Waals surface area contributed by atoms with Crippen LogP contribution >= 0.6 is 11.6 Å². The molecule has 2 N–H and O–H groups in total. The molecule has 0 saturated heterocycles. The van der Waals surface area contributed by atoms with E-state index >= 15 is 0 Å². The van der Waals surface area contributed by atoms with Gasteiger partial charge in [0.15, 0.2) is 0 Å². The Hall–Kier alpha value is -3.61. The van der Waals surface area contributed by atoms with Gasteiger partial charge in [0.1, 0.15) is 11.4 Å². The van der Waals surface area contributed by atoms with Crippen LogP contribution in [-0.4, -0.2) is 10.9 Å². The highest BCUT2D eigenvalue weighted by Gasteiger charge is 2.15. The number of hydrogen-bond acceptors (Lipinski definition) is 3. The number of nitrogens with zero attached hydrogens (tertiary/aromatic N) is 1. The normalized spacial score (nSPS) is 10.2. The fourth-order valence-corrected chi connectivity index (χ4v) is 2.95. The van der Waals surface area contributed by atoms with E-state index in [0.29, 0.717) is 29.8 Å². The second kappa shape index (κ2) is 9.73. The smallest absolute Gasteiger partial charge is 0.257 e. The van der Waals surface area contributed by atoms with Crippen molar-refractivity contribution in [2.45, 2.75) is 25.8 Å². The Morgan fingerprint density at radius 2 is 1.97 bits per heavy atom. The minimum absolute atomic E-state index is 0.0179. The van der Waals surface area contributed by atoms with Crippen molar-refractivity contribution < 1.29 is 9.18 Å².